The van der Waals surface area contributed by atoms with E-state index in [1.165, 1.54) is 0 Å². The van der Waals surface area contributed by atoms with Crippen molar-refractivity contribution in [2.75, 3.05) is 0 Å². The molecule has 4 aromatic carbocycles. The Morgan fingerprint density at radius 2 is 0.717 bits per heavy atom. The Kier molecular flexibility index (Phi) is 3.47. The second kappa shape index (κ2) is 7.00. The minimum Gasteiger partial charge on any atom is -0.453 e. The van der Waals surface area contributed by atoms with Crippen molar-refractivity contribution in [1.29, 1.82) is 0 Å². The minimum absolute atomic E-state index is 0.0263. The molecule has 0 atom stereocenters. The van der Waals surface area contributed by atoms with Crippen LogP contribution in [0.25, 0.3) is 87.5 Å². The predicted octanol–water partition coefficient (Wildman–Crippen LogP) is 5.58. The fraction of sp³-hybridized carbons (Fsp3) is 0. The van der Waals surface area contributed by atoms with Gasteiger partial charge in [0.05, 0.1) is 43.4 Å². The van der Waals surface area contributed by atoms with Crippen LogP contribution < -0.4 is 31.2 Å². The third-order valence-corrected chi connectivity index (χ3v) is 9.71. The zero-order valence-corrected chi connectivity index (χ0v) is 23.2. The van der Waals surface area contributed by atoms with Crippen LogP contribution in [0, 0.1) is 0 Å². The zero-order valence-electron chi connectivity index (χ0n) is 23.2. The summed E-state index contributed by atoms with van der Waals surface area (Å²) in [6, 6.07) is 20.8. The topological polar surface area (TPSA) is 121 Å². The van der Waals surface area contributed by atoms with Gasteiger partial charge in [-0.05, 0) is 48.5 Å². The van der Waals surface area contributed by atoms with E-state index in [9.17, 15) is 19.2 Å². The van der Waals surface area contributed by atoms with Crippen LogP contribution >= 0.6 is 0 Å². The molecule has 12 rings (SSSR count). The summed E-state index contributed by atoms with van der Waals surface area (Å²) in [4.78, 5) is 67.4. The Morgan fingerprint density at radius 3 is 1.07 bits per heavy atom. The Hall–Kier alpha value is -6.68. The van der Waals surface area contributed by atoms with Crippen LogP contribution in [0.5, 0.6) is 23.0 Å². The molecule has 0 fully saturated rings. The first kappa shape index (κ1) is 22.8. The monoisotopic (exact) mass is 596 g/mol. The van der Waals surface area contributed by atoms with Crippen LogP contribution in [0.1, 0.15) is 0 Å². The van der Waals surface area contributed by atoms with Crippen molar-refractivity contribution in [3.63, 3.8) is 0 Å². The van der Waals surface area contributed by atoms with E-state index in [1.54, 1.807) is 72.8 Å². The second-order valence-corrected chi connectivity index (χ2v) is 11.9. The van der Waals surface area contributed by atoms with Crippen molar-refractivity contribution in [1.82, 2.24) is 18.8 Å². The number of hydrogen-bond donors (Lipinski definition) is 0. The number of pyridine rings is 6. The van der Waals surface area contributed by atoms with Gasteiger partial charge >= 0.3 is 0 Å². The zero-order chi connectivity index (χ0) is 30.3. The highest BCUT2D eigenvalue weighted by molar-refractivity contribution is 6.24. The molecule has 0 bridgehead atoms. The largest absolute Gasteiger partial charge is 0.453 e. The average molecular weight is 597 g/mol. The highest BCUT2D eigenvalue weighted by Gasteiger charge is 2.31. The van der Waals surface area contributed by atoms with Crippen molar-refractivity contribution in [2.45, 2.75) is 0 Å². The highest BCUT2D eigenvalue weighted by atomic mass is 16.5. The number of nitrogens with zero attached hydrogens (tertiary/aromatic N) is 4. The standard InChI is InChI=1S/C36H12N4O6/c41-33-13-5-1-9-17-27(13)39-29-15(7-3-11-19(29)45-17)35(43)25-31(39)21(33)23-24(38-25)22-32-26(37-23)36(44)16-8-4-12-20-30(16)40(32)28-14(34(22)42)6-2-10-18(28)46-20/h1-12H. The summed E-state index contributed by atoms with van der Waals surface area (Å²) in [5, 5.41) is 1.65. The van der Waals surface area contributed by atoms with Crippen LogP contribution in [0.2, 0.25) is 0 Å². The Labute approximate surface area is 252 Å². The van der Waals surface area contributed by atoms with E-state index in [0.29, 0.717) is 66.6 Å². The molecule has 46 heavy (non-hydrogen) atoms. The third kappa shape index (κ3) is 2.21. The predicted molar refractivity (Wildman–Crippen MR) is 174 cm³/mol. The molecule has 0 saturated heterocycles. The van der Waals surface area contributed by atoms with Gasteiger partial charge in [0, 0.05) is 0 Å². The smallest absolute Gasteiger partial charge is 0.215 e. The molecular formula is C36H12N4O6. The summed E-state index contributed by atoms with van der Waals surface area (Å²) >= 11 is 0. The van der Waals surface area contributed by atoms with Gasteiger partial charge in [0.2, 0.25) is 10.9 Å². The number of para-hydroxylation sites is 4. The fourth-order valence-corrected chi connectivity index (χ4v) is 7.93. The third-order valence-electron chi connectivity index (χ3n) is 9.71. The summed E-state index contributed by atoms with van der Waals surface area (Å²) < 4.78 is 16.1. The maximum atomic E-state index is 14.6. The van der Waals surface area contributed by atoms with Gasteiger partial charge in [0.15, 0.2) is 33.9 Å². The molecule has 0 aliphatic carbocycles. The quantitative estimate of drug-likeness (QED) is 0.164. The molecule has 212 valence electrons. The molecule has 0 saturated carbocycles. The van der Waals surface area contributed by atoms with Crippen LogP contribution in [0.15, 0.2) is 92.0 Å². The molecule has 0 amide bonds. The van der Waals surface area contributed by atoms with Gasteiger partial charge in [-0.15, -0.1) is 0 Å². The SMILES string of the molecule is O=c1c2cccc3c2n2c4c(cccc4c(=O)c4c5nc6c(=O)c7cccc8c7n7c9c(cccc9c(=O)c(c5nc1c42)c67)O8)O3. The second-order valence-electron chi connectivity index (χ2n) is 11.9. The average Bonchev–Trinajstić information content (AvgIpc) is 3.08. The van der Waals surface area contributed by atoms with Crippen LogP contribution in [0.3, 0.4) is 0 Å². The summed E-state index contributed by atoms with van der Waals surface area (Å²) in [5.41, 5.74) is 1.20. The summed E-state index contributed by atoms with van der Waals surface area (Å²) in [7, 11) is 0. The molecular weight excluding hydrogens is 584 g/mol. The molecule has 10 nitrogen and oxygen atoms in total. The first-order valence-electron chi connectivity index (χ1n) is 14.6. The first-order valence-corrected chi connectivity index (χ1v) is 14.6. The summed E-state index contributed by atoms with van der Waals surface area (Å²) in [5.74, 6) is 1.86. The van der Waals surface area contributed by atoms with Gasteiger partial charge in [-0.2, -0.15) is 0 Å². The van der Waals surface area contributed by atoms with Gasteiger partial charge in [-0.3, -0.25) is 28.0 Å². The number of benzene rings is 4. The van der Waals surface area contributed by atoms with Crippen LogP contribution in [-0.4, -0.2) is 18.8 Å². The van der Waals surface area contributed by atoms with Gasteiger partial charge in [0.1, 0.15) is 44.1 Å². The lowest BCUT2D eigenvalue weighted by molar-refractivity contribution is 0.485. The van der Waals surface area contributed by atoms with E-state index < -0.39 is 21.7 Å². The van der Waals surface area contributed by atoms with Crippen molar-refractivity contribution >= 4 is 87.5 Å². The number of hydrogen-bond acceptors (Lipinski definition) is 8. The van der Waals surface area contributed by atoms with Gasteiger partial charge in [-0.1, -0.05) is 24.3 Å². The summed E-state index contributed by atoms with van der Waals surface area (Å²) in [6.45, 7) is 0. The first-order chi connectivity index (χ1) is 22.5. The van der Waals surface area contributed by atoms with E-state index >= 15 is 0 Å². The van der Waals surface area contributed by atoms with Crippen molar-refractivity contribution in [3.8, 4) is 23.0 Å². The molecule has 10 heteroatoms. The normalized spacial score (nSPS) is 13.5. The van der Waals surface area contributed by atoms with Crippen LogP contribution in [0.4, 0.5) is 0 Å². The molecule has 0 unspecified atom stereocenters. The lowest BCUT2D eigenvalue weighted by Gasteiger charge is -2.24. The fourth-order valence-electron chi connectivity index (χ4n) is 7.93. The number of fused-ring (bicyclic) bond motifs is 3. The van der Waals surface area contributed by atoms with E-state index in [0.717, 1.165) is 0 Å². The van der Waals surface area contributed by atoms with Crippen molar-refractivity contribution in [2.24, 2.45) is 0 Å². The molecule has 10 aromatic rings. The lowest BCUT2D eigenvalue weighted by atomic mass is 9.99. The molecule has 6 aromatic heterocycles. The number of ether oxygens (including phenoxy) is 2. The Morgan fingerprint density at radius 1 is 0.391 bits per heavy atom. The van der Waals surface area contributed by atoms with Gasteiger partial charge < -0.3 is 9.47 Å². The lowest BCUT2D eigenvalue weighted by Crippen LogP contribution is -2.21. The number of rotatable bonds is 0. The minimum atomic E-state index is -0.406. The molecule has 2 aliphatic rings. The van der Waals surface area contributed by atoms with E-state index in [-0.39, 0.29) is 43.9 Å². The van der Waals surface area contributed by atoms with Gasteiger partial charge in [-0.25, -0.2) is 9.97 Å². The Bertz CT molecular complexity index is 3190. The molecule has 2 aliphatic heterocycles. The van der Waals surface area contributed by atoms with E-state index in [1.807, 2.05) is 8.80 Å². The van der Waals surface area contributed by atoms with E-state index in [4.69, 9.17) is 19.4 Å². The maximum Gasteiger partial charge on any atom is 0.215 e. The Balaban J connectivity index is 1.51. The molecule has 0 N–H and O–H groups in total. The van der Waals surface area contributed by atoms with Crippen molar-refractivity contribution in [3.05, 3.63) is 114 Å². The van der Waals surface area contributed by atoms with E-state index in [2.05, 4.69) is 0 Å². The van der Waals surface area contributed by atoms with Crippen LogP contribution in [-0.2, 0) is 0 Å². The number of aromatic nitrogens is 4. The van der Waals surface area contributed by atoms with Crippen molar-refractivity contribution < 1.29 is 9.47 Å². The molecule has 0 radical (unpaired) electrons. The van der Waals surface area contributed by atoms with Gasteiger partial charge in [0.25, 0.3) is 0 Å². The molecule has 8 heterocycles. The molecule has 0 spiro atoms. The maximum absolute atomic E-state index is 14.6. The summed E-state index contributed by atoms with van der Waals surface area (Å²) in [6.07, 6.45) is 0. The highest BCUT2D eigenvalue weighted by Crippen LogP contribution is 2.44.